The largest absolute Gasteiger partial charge is 0.456 e. The molecule has 1 aliphatic carbocycles. The van der Waals surface area contributed by atoms with Crippen LogP contribution in [-0.2, 0) is 4.79 Å². The maximum atomic E-state index is 11.7. The Morgan fingerprint density at radius 3 is 2.65 bits per heavy atom. The summed E-state index contributed by atoms with van der Waals surface area (Å²) in [6.45, 7) is 3.58. The molecule has 1 aromatic rings. The first-order chi connectivity index (χ1) is 8.06. The Labute approximate surface area is 99.6 Å². The number of carbonyl (C=O) groups excluding carboxylic acids is 2. The Hall–Kier alpha value is -1.78. The molecule has 92 valence electrons. The molecule has 2 amide bonds. The molecule has 2 rings (SSSR count). The van der Waals surface area contributed by atoms with Gasteiger partial charge in [-0.1, -0.05) is 0 Å². The zero-order chi connectivity index (χ0) is 12.4. The van der Waals surface area contributed by atoms with Crippen LogP contribution in [0.15, 0.2) is 10.5 Å². The number of hydrogen-bond donors (Lipinski definition) is 2. The SMILES string of the molecule is Cc1cc(C)c(C(=O)NCC(=O)NC2CC2)o1. The predicted octanol–water partition coefficient (Wildman–Crippen LogP) is 0.905. The smallest absolute Gasteiger partial charge is 0.287 e. The van der Waals surface area contributed by atoms with Crippen LogP contribution >= 0.6 is 0 Å². The van der Waals surface area contributed by atoms with Gasteiger partial charge in [0, 0.05) is 11.6 Å². The lowest BCUT2D eigenvalue weighted by Gasteiger charge is -2.04. The van der Waals surface area contributed by atoms with Crippen molar-refractivity contribution < 1.29 is 14.0 Å². The van der Waals surface area contributed by atoms with Crippen LogP contribution in [0.4, 0.5) is 0 Å². The molecule has 1 fully saturated rings. The third-order valence-corrected chi connectivity index (χ3v) is 2.60. The Morgan fingerprint density at radius 1 is 1.41 bits per heavy atom. The molecule has 0 spiro atoms. The summed E-state index contributed by atoms with van der Waals surface area (Å²) in [5.41, 5.74) is 0.780. The number of amides is 2. The first-order valence-corrected chi connectivity index (χ1v) is 5.71. The summed E-state index contributed by atoms with van der Waals surface area (Å²) in [6, 6.07) is 2.10. The van der Waals surface area contributed by atoms with Gasteiger partial charge in [-0.25, -0.2) is 0 Å². The molecule has 0 unspecified atom stereocenters. The van der Waals surface area contributed by atoms with Gasteiger partial charge in [0.1, 0.15) is 5.76 Å². The lowest BCUT2D eigenvalue weighted by Crippen LogP contribution is -2.37. The van der Waals surface area contributed by atoms with E-state index in [1.807, 2.05) is 0 Å². The van der Waals surface area contributed by atoms with E-state index in [9.17, 15) is 9.59 Å². The molecule has 0 bridgehead atoms. The highest BCUT2D eigenvalue weighted by Crippen LogP contribution is 2.18. The second-order valence-corrected chi connectivity index (χ2v) is 4.39. The highest BCUT2D eigenvalue weighted by molar-refractivity contribution is 5.95. The van der Waals surface area contributed by atoms with Gasteiger partial charge in [0.25, 0.3) is 5.91 Å². The average Bonchev–Trinajstić information content (AvgIpc) is 3.00. The van der Waals surface area contributed by atoms with Crippen molar-refractivity contribution in [2.75, 3.05) is 6.54 Å². The van der Waals surface area contributed by atoms with Gasteiger partial charge in [-0.3, -0.25) is 9.59 Å². The molecule has 0 atom stereocenters. The van der Waals surface area contributed by atoms with Crippen molar-refractivity contribution in [1.29, 1.82) is 0 Å². The van der Waals surface area contributed by atoms with Crippen molar-refractivity contribution in [1.82, 2.24) is 10.6 Å². The molecule has 1 saturated carbocycles. The first kappa shape index (κ1) is 11.7. The maximum absolute atomic E-state index is 11.7. The normalized spacial score (nSPS) is 14.5. The van der Waals surface area contributed by atoms with Gasteiger partial charge in [0.15, 0.2) is 5.76 Å². The quantitative estimate of drug-likeness (QED) is 0.816. The lowest BCUT2D eigenvalue weighted by molar-refractivity contribution is -0.120. The van der Waals surface area contributed by atoms with Gasteiger partial charge in [-0.2, -0.15) is 0 Å². The van der Waals surface area contributed by atoms with E-state index < -0.39 is 0 Å². The summed E-state index contributed by atoms with van der Waals surface area (Å²) in [6.07, 6.45) is 2.08. The average molecular weight is 236 g/mol. The number of rotatable bonds is 4. The van der Waals surface area contributed by atoms with E-state index in [0.717, 1.165) is 18.4 Å². The Bertz CT molecular complexity index is 447. The number of hydrogen-bond acceptors (Lipinski definition) is 3. The van der Waals surface area contributed by atoms with Crippen molar-refractivity contribution in [3.05, 3.63) is 23.2 Å². The Morgan fingerprint density at radius 2 is 2.12 bits per heavy atom. The molecule has 1 aromatic heterocycles. The minimum Gasteiger partial charge on any atom is -0.456 e. The van der Waals surface area contributed by atoms with Crippen molar-refractivity contribution in [2.24, 2.45) is 0 Å². The molecule has 0 radical (unpaired) electrons. The molecule has 5 nitrogen and oxygen atoms in total. The van der Waals surface area contributed by atoms with Crippen LogP contribution < -0.4 is 10.6 Å². The van der Waals surface area contributed by atoms with Crippen LogP contribution in [0.5, 0.6) is 0 Å². The molecule has 2 N–H and O–H groups in total. The van der Waals surface area contributed by atoms with E-state index in [0.29, 0.717) is 11.8 Å². The van der Waals surface area contributed by atoms with Crippen molar-refractivity contribution >= 4 is 11.8 Å². The van der Waals surface area contributed by atoms with E-state index in [4.69, 9.17) is 4.42 Å². The molecule has 17 heavy (non-hydrogen) atoms. The zero-order valence-corrected chi connectivity index (χ0v) is 10.0. The third kappa shape index (κ3) is 3.09. The molecular formula is C12H16N2O3. The minimum atomic E-state index is -0.346. The number of furan rings is 1. The molecule has 0 aromatic carbocycles. The summed E-state index contributed by atoms with van der Waals surface area (Å²) >= 11 is 0. The molecule has 0 saturated heterocycles. The molecule has 0 aliphatic heterocycles. The summed E-state index contributed by atoms with van der Waals surface area (Å²) < 4.78 is 5.26. The van der Waals surface area contributed by atoms with E-state index >= 15 is 0 Å². The van der Waals surface area contributed by atoms with Crippen LogP contribution in [0.1, 0.15) is 34.7 Å². The summed E-state index contributed by atoms with van der Waals surface area (Å²) in [5.74, 6) is 0.472. The monoisotopic (exact) mass is 236 g/mol. The van der Waals surface area contributed by atoms with Crippen LogP contribution in [-0.4, -0.2) is 24.4 Å². The number of nitrogens with one attached hydrogen (secondary N) is 2. The van der Waals surface area contributed by atoms with Crippen LogP contribution in [0.3, 0.4) is 0 Å². The van der Waals surface area contributed by atoms with Gasteiger partial charge >= 0.3 is 0 Å². The fourth-order valence-electron chi connectivity index (χ4n) is 1.61. The van der Waals surface area contributed by atoms with E-state index in [1.165, 1.54) is 0 Å². The highest BCUT2D eigenvalue weighted by Gasteiger charge is 2.23. The predicted molar refractivity (Wildman–Crippen MR) is 61.7 cm³/mol. The van der Waals surface area contributed by atoms with Gasteiger partial charge in [0.2, 0.25) is 5.91 Å². The third-order valence-electron chi connectivity index (χ3n) is 2.60. The van der Waals surface area contributed by atoms with E-state index in [2.05, 4.69) is 10.6 Å². The van der Waals surface area contributed by atoms with Crippen LogP contribution in [0.25, 0.3) is 0 Å². The fourth-order valence-corrected chi connectivity index (χ4v) is 1.61. The molecule has 1 heterocycles. The van der Waals surface area contributed by atoms with Crippen molar-refractivity contribution in [3.8, 4) is 0 Å². The summed E-state index contributed by atoms with van der Waals surface area (Å²) in [7, 11) is 0. The van der Waals surface area contributed by atoms with E-state index in [1.54, 1.807) is 19.9 Å². The molecule has 1 aliphatic rings. The van der Waals surface area contributed by atoms with Gasteiger partial charge in [0.05, 0.1) is 6.54 Å². The summed E-state index contributed by atoms with van der Waals surface area (Å²) in [4.78, 5) is 23.1. The second-order valence-electron chi connectivity index (χ2n) is 4.39. The lowest BCUT2D eigenvalue weighted by atomic mass is 10.2. The van der Waals surface area contributed by atoms with Gasteiger partial charge in [-0.15, -0.1) is 0 Å². The Kier molecular flexibility index (Phi) is 3.17. The second kappa shape index (κ2) is 4.61. The molecular weight excluding hydrogens is 220 g/mol. The highest BCUT2D eigenvalue weighted by atomic mass is 16.3. The van der Waals surface area contributed by atoms with Crippen molar-refractivity contribution in [2.45, 2.75) is 32.7 Å². The summed E-state index contributed by atoms with van der Waals surface area (Å²) in [5, 5.41) is 5.34. The maximum Gasteiger partial charge on any atom is 0.287 e. The zero-order valence-electron chi connectivity index (χ0n) is 10.0. The van der Waals surface area contributed by atoms with Crippen LogP contribution in [0, 0.1) is 13.8 Å². The fraction of sp³-hybridized carbons (Fsp3) is 0.500. The molecule has 5 heteroatoms. The van der Waals surface area contributed by atoms with Crippen molar-refractivity contribution in [3.63, 3.8) is 0 Å². The number of aryl methyl sites for hydroxylation is 2. The Balaban J connectivity index is 1.84. The first-order valence-electron chi connectivity index (χ1n) is 5.71. The number of carbonyl (C=O) groups is 2. The topological polar surface area (TPSA) is 71.3 Å². The standard InChI is InChI=1S/C12H16N2O3/c1-7-5-8(2)17-11(7)12(16)13-6-10(15)14-9-3-4-9/h5,9H,3-4,6H2,1-2H3,(H,13,16)(H,14,15). The minimum absolute atomic E-state index is 0.00544. The van der Waals surface area contributed by atoms with E-state index in [-0.39, 0.29) is 24.1 Å². The van der Waals surface area contributed by atoms with Crippen LogP contribution in [0.2, 0.25) is 0 Å². The van der Waals surface area contributed by atoms with Gasteiger partial charge < -0.3 is 15.1 Å². The van der Waals surface area contributed by atoms with Gasteiger partial charge in [-0.05, 0) is 32.8 Å².